The molecule has 2 rings (SSSR count). The van der Waals surface area contributed by atoms with Crippen LogP contribution < -0.4 is 0 Å². The maximum absolute atomic E-state index is 13.2. The molecule has 0 aliphatic heterocycles. The fraction of sp³-hybridized carbons (Fsp3) is 0.600. The van der Waals surface area contributed by atoms with Crippen molar-refractivity contribution in [3.8, 4) is 0 Å². The Morgan fingerprint density at radius 2 is 1.52 bits per heavy atom. The minimum Gasteiger partial charge on any atom is -0.462 e. The Labute approximate surface area is 153 Å². The van der Waals surface area contributed by atoms with Crippen LogP contribution in [0.1, 0.15) is 66.6 Å². The van der Waals surface area contributed by atoms with E-state index in [2.05, 4.69) is 0 Å². The number of hydrogen-bond acceptors (Lipinski definition) is 4. The predicted molar refractivity (Wildman–Crippen MR) is 102 cm³/mol. The highest BCUT2D eigenvalue weighted by Gasteiger charge is 2.39. The van der Waals surface area contributed by atoms with Gasteiger partial charge in [-0.15, -0.1) is 0 Å². The minimum absolute atomic E-state index is 0.0578. The third kappa shape index (κ3) is 5.47. The smallest absolute Gasteiger partial charge is 0.317 e. The largest absolute Gasteiger partial charge is 0.462 e. The van der Waals surface area contributed by atoms with Gasteiger partial charge >= 0.3 is 15.1 Å². The van der Waals surface area contributed by atoms with Crippen molar-refractivity contribution in [2.45, 2.75) is 66.4 Å². The van der Waals surface area contributed by atoms with E-state index in [1.54, 1.807) is 0 Å². The lowest BCUT2D eigenvalue weighted by Gasteiger charge is -2.23. The van der Waals surface area contributed by atoms with Gasteiger partial charge in [0.15, 0.2) is 5.78 Å². The molecule has 2 unspecified atom stereocenters. The molecule has 1 aliphatic rings. The summed E-state index contributed by atoms with van der Waals surface area (Å²) in [6, 6.07) is 4.03. The SMILES string of the molecule is Cc1cc(C)c(C(=O)C(C(=O)OC(C)C)C2CCCC2)c(C)c1.O=[PH2+]. The number of carbonyl (C=O) groups excluding carboxylic acids is 2. The standard InChI is InChI=1S/C20H28O3.H2OP/c1-12(2)23-20(22)18(16-8-6-7-9-16)19(21)17-14(4)10-13(3)11-15(17)5;1-2/h10-12,16,18H,6-9H2,1-5H3;2H2/q;+1. The summed E-state index contributed by atoms with van der Waals surface area (Å²) in [7, 11) is 1.17. The van der Waals surface area contributed by atoms with E-state index < -0.39 is 5.92 Å². The van der Waals surface area contributed by atoms with Gasteiger partial charge in [0.05, 0.1) is 6.10 Å². The summed E-state index contributed by atoms with van der Waals surface area (Å²) in [6.07, 6.45) is 3.87. The zero-order valence-corrected chi connectivity index (χ0v) is 17.1. The Hall–Kier alpha value is -1.54. The molecule has 1 saturated carbocycles. The van der Waals surface area contributed by atoms with Gasteiger partial charge in [-0.3, -0.25) is 9.59 Å². The first kappa shape index (κ1) is 21.5. The molecule has 138 valence electrons. The molecule has 1 fully saturated rings. The molecule has 0 N–H and O–H groups in total. The Kier molecular flexibility index (Phi) is 8.44. The number of esters is 1. The van der Waals surface area contributed by atoms with Crippen molar-refractivity contribution in [2.75, 3.05) is 0 Å². The second-order valence-electron chi connectivity index (χ2n) is 7.15. The monoisotopic (exact) mass is 365 g/mol. The molecule has 0 bridgehead atoms. The van der Waals surface area contributed by atoms with Gasteiger partial charge in [0.2, 0.25) is 0 Å². The third-order valence-electron chi connectivity index (χ3n) is 4.68. The van der Waals surface area contributed by atoms with Crippen molar-refractivity contribution in [3.05, 3.63) is 34.4 Å². The molecule has 1 aromatic carbocycles. The van der Waals surface area contributed by atoms with E-state index in [0.29, 0.717) is 5.56 Å². The highest BCUT2D eigenvalue weighted by molar-refractivity contribution is 7.00. The normalized spacial score (nSPS) is 15.4. The first-order chi connectivity index (χ1) is 11.8. The second-order valence-corrected chi connectivity index (χ2v) is 7.15. The Balaban J connectivity index is 0.00000151. The molecule has 0 heterocycles. The summed E-state index contributed by atoms with van der Waals surface area (Å²) in [4.78, 5) is 25.8. The van der Waals surface area contributed by atoms with Crippen LogP contribution in [-0.2, 0) is 14.1 Å². The summed E-state index contributed by atoms with van der Waals surface area (Å²) >= 11 is 0. The van der Waals surface area contributed by atoms with Gasteiger partial charge in [0.25, 0.3) is 0 Å². The van der Waals surface area contributed by atoms with Crippen molar-refractivity contribution in [3.63, 3.8) is 0 Å². The van der Waals surface area contributed by atoms with E-state index in [1.807, 2.05) is 46.8 Å². The summed E-state index contributed by atoms with van der Waals surface area (Å²) < 4.78 is 13.6. The molecular formula is C20H30O4P+. The lowest BCUT2D eigenvalue weighted by Crippen LogP contribution is -2.34. The molecule has 4 nitrogen and oxygen atoms in total. The van der Waals surface area contributed by atoms with E-state index >= 15 is 0 Å². The first-order valence-corrected chi connectivity index (χ1v) is 9.34. The number of hydrogen-bond donors (Lipinski definition) is 0. The topological polar surface area (TPSA) is 60.4 Å². The molecule has 25 heavy (non-hydrogen) atoms. The zero-order valence-electron chi connectivity index (χ0n) is 15.9. The number of rotatable bonds is 5. The molecule has 5 heteroatoms. The average molecular weight is 365 g/mol. The van der Waals surface area contributed by atoms with Gasteiger partial charge in [0, 0.05) is 5.56 Å². The van der Waals surface area contributed by atoms with Gasteiger partial charge in [-0.25, -0.2) is 0 Å². The number of ether oxygens (including phenoxy) is 1. The van der Waals surface area contributed by atoms with E-state index in [0.717, 1.165) is 42.4 Å². The number of carbonyl (C=O) groups is 2. The van der Waals surface area contributed by atoms with Crippen LogP contribution in [0, 0.1) is 32.6 Å². The van der Waals surface area contributed by atoms with E-state index in [4.69, 9.17) is 9.30 Å². The van der Waals surface area contributed by atoms with Crippen LogP contribution in [-0.4, -0.2) is 17.9 Å². The van der Waals surface area contributed by atoms with Crippen molar-refractivity contribution in [1.29, 1.82) is 0 Å². The van der Waals surface area contributed by atoms with Crippen LogP contribution in [0.4, 0.5) is 0 Å². The molecule has 0 saturated heterocycles. The summed E-state index contributed by atoms with van der Waals surface area (Å²) in [5, 5.41) is 0. The number of ketones is 1. The maximum atomic E-state index is 13.2. The average Bonchev–Trinajstić information content (AvgIpc) is 3.01. The second kappa shape index (κ2) is 9.82. The molecule has 0 amide bonds. The molecule has 0 radical (unpaired) electrons. The van der Waals surface area contributed by atoms with Crippen LogP contribution in [0.25, 0.3) is 0 Å². The predicted octanol–water partition coefficient (Wildman–Crippen LogP) is 4.76. The quantitative estimate of drug-likeness (QED) is 0.327. The van der Waals surface area contributed by atoms with Gasteiger partial charge in [-0.1, -0.05) is 35.1 Å². The van der Waals surface area contributed by atoms with Gasteiger partial charge < -0.3 is 4.74 Å². The van der Waals surface area contributed by atoms with E-state index in [9.17, 15) is 9.59 Å². The van der Waals surface area contributed by atoms with Crippen LogP contribution >= 0.6 is 9.12 Å². The van der Waals surface area contributed by atoms with Gasteiger partial charge in [-0.05, 0) is 64.5 Å². The minimum atomic E-state index is -0.653. The molecule has 2 atom stereocenters. The Morgan fingerprint density at radius 1 is 1.04 bits per heavy atom. The highest BCUT2D eigenvalue weighted by atomic mass is 31.0. The van der Waals surface area contributed by atoms with Crippen LogP contribution in [0.3, 0.4) is 0 Å². The number of benzene rings is 1. The van der Waals surface area contributed by atoms with Gasteiger partial charge in [-0.2, -0.15) is 0 Å². The fourth-order valence-electron chi connectivity index (χ4n) is 3.83. The molecule has 1 aromatic rings. The van der Waals surface area contributed by atoms with Crippen molar-refractivity contribution >= 4 is 20.9 Å². The molecule has 1 aliphatic carbocycles. The van der Waals surface area contributed by atoms with Crippen LogP contribution in [0.15, 0.2) is 12.1 Å². The lowest BCUT2D eigenvalue weighted by molar-refractivity contribution is -0.152. The summed E-state index contributed by atoms with van der Waals surface area (Å²) in [6.45, 7) is 9.59. The highest BCUT2D eigenvalue weighted by Crippen LogP contribution is 2.35. The van der Waals surface area contributed by atoms with E-state index in [1.165, 1.54) is 9.12 Å². The molecular weight excluding hydrogens is 335 g/mol. The third-order valence-corrected chi connectivity index (χ3v) is 4.68. The van der Waals surface area contributed by atoms with Crippen molar-refractivity contribution in [2.24, 2.45) is 11.8 Å². The number of aryl methyl sites for hydroxylation is 3. The van der Waals surface area contributed by atoms with Crippen LogP contribution in [0.5, 0.6) is 0 Å². The molecule has 0 spiro atoms. The van der Waals surface area contributed by atoms with Crippen molar-refractivity contribution < 1.29 is 18.9 Å². The van der Waals surface area contributed by atoms with Crippen LogP contribution in [0.2, 0.25) is 0 Å². The van der Waals surface area contributed by atoms with E-state index in [-0.39, 0.29) is 23.8 Å². The molecule has 0 aromatic heterocycles. The first-order valence-electron chi connectivity index (χ1n) is 8.87. The zero-order chi connectivity index (χ0) is 19.1. The lowest BCUT2D eigenvalue weighted by atomic mass is 9.81. The Bertz CT molecular complexity index is 595. The van der Waals surface area contributed by atoms with Gasteiger partial charge in [0.1, 0.15) is 5.92 Å². The number of Topliss-reactive ketones (excluding diaryl/α,β-unsaturated/α-hetero) is 1. The summed E-state index contributed by atoms with van der Waals surface area (Å²) in [5.41, 5.74) is 3.74. The van der Waals surface area contributed by atoms with Crippen molar-refractivity contribution in [1.82, 2.24) is 0 Å². The summed E-state index contributed by atoms with van der Waals surface area (Å²) in [5.74, 6) is -0.942. The fourth-order valence-corrected chi connectivity index (χ4v) is 3.83. The maximum Gasteiger partial charge on any atom is 0.317 e. The Morgan fingerprint density at radius 3 is 1.96 bits per heavy atom.